The summed E-state index contributed by atoms with van der Waals surface area (Å²) in [4.78, 5) is 0. The first-order valence-corrected chi connectivity index (χ1v) is 6.81. The van der Waals surface area contributed by atoms with Gasteiger partial charge in [-0.1, -0.05) is 37.5 Å². The molecule has 0 spiro atoms. The Labute approximate surface area is 111 Å². The summed E-state index contributed by atoms with van der Waals surface area (Å²) in [6, 6.07) is 5.46. The van der Waals surface area contributed by atoms with Crippen LogP contribution in [-0.4, -0.2) is 11.2 Å². The molecule has 1 saturated carbocycles. The number of halogens is 3. The Bertz CT molecular complexity index is 414. The van der Waals surface area contributed by atoms with Crippen molar-refractivity contribution >= 4 is 0 Å². The highest BCUT2D eigenvalue weighted by molar-refractivity contribution is 5.26. The second-order valence-corrected chi connectivity index (χ2v) is 5.37. The maximum absolute atomic E-state index is 12.6. The fourth-order valence-corrected chi connectivity index (χ4v) is 2.78. The minimum Gasteiger partial charge on any atom is -0.393 e. The van der Waals surface area contributed by atoms with E-state index < -0.39 is 11.7 Å². The number of aliphatic hydroxyl groups excluding tert-OH is 1. The average molecular weight is 272 g/mol. The van der Waals surface area contributed by atoms with Crippen LogP contribution in [0.15, 0.2) is 24.3 Å². The van der Waals surface area contributed by atoms with Crippen LogP contribution < -0.4 is 0 Å². The highest BCUT2D eigenvalue weighted by Gasteiger charge is 2.30. The van der Waals surface area contributed by atoms with E-state index >= 15 is 0 Å². The summed E-state index contributed by atoms with van der Waals surface area (Å²) in [5.74, 6) is 0.0889. The van der Waals surface area contributed by atoms with Crippen molar-refractivity contribution in [3.63, 3.8) is 0 Å². The number of alkyl halides is 3. The third kappa shape index (κ3) is 3.96. The molecule has 0 radical (unpaired) electrons. The van der Waals surface area contributed by atoms with Gasteiger partial charge in [0.2, 0.25) is 0 Å². The zero-order valence-electron chi connectivity index (χ0n) is 10.8. The zero-order valence-corrected chi connectivity index (χ0v) is 10.8. The van der Waals surface area contributed by atoms with E-state index in [0.717, 1.165) is 38.2 Å². The Kier molecular flexibility index (Phi) is 4.50. The van der Waals surface area contributed by atoms with Gasteiger partial charge in [0.15, 0.2) is 0 Å². The summed E-state index contributed by atoms with van der Waals surface area (Å²) in [6.45, 7) is 0. The molecule has 2 atom stereocenters. The topological polar surface area (TPSA) is 20.2 Å². The maximum atomic E-state index is 12.6. The van der Waals surface area contributed by atoms with Crippen LogP contribution in [0.2, 0.25) is 0 Å². The van der Waals surface area contributed by atoms with Crippen LogP contribution in [0.5, 0.6) is 0 Å². The molecular formula is C15H19F3O. The molecule has 1 aliphatic carbocycles. The van der Waals surface area contributed by atoms with E-state index in [4.69, 9.17) is 0 Å². The van der Waals surface area contributed by atoms with Crippen LogP contribution in [0.3, 0.4) is 0 Å². The maximum Gasteiger partial charge on any atom is 0.416 e. The fraction of sp³-hybridized carbons (Fsp3) is 0.600. The number of aliphatic hydroxyl groups is 1. The second kappa shape index (κ2) is 5.95. The number of hydrogen-bond donors (Lipinski definition) is 1. The molecule has 0 heterocycles. The minimum absolute atomic E-state index is 0.0889. The molecule has 0 amide bonds. The lowest BCUT2D eigenvalue weighted by Crippen LogP contribution is -2.21. The lowest BCUT2D eigenvalue weighted by Gasteiger charge is -2.20. The summed E-state index contributed by atoms with van der Waals surface area (Å²) < 4.78 is 37.9. The third-order valence-corrected chi connectivity index (χ3v) is 3.87. The van der Waals surface area contributed by atoms with E-state index in [1.165, 1.54) is 12.1 Å². The zero-order chi connectivity index (χ0) is 13.9. The van der Waals surface area contributed by atoms with Gasteiger partial charge in [-0.2, -0.15) is 13.2 Å². The second-order valence-electron chi connectivity index (χ2n) is 5.37. The molecule has 106 valence electrons. The smallest absolute Gasteiger partial charge is 0.393 e. The van der Waals surface area contributed by atoms with Crippen LogP contribution >= 0.6 is 0 Å². The van der Waals surface area contributed by atoms with Crippen LogP contribution in [0.25, 0.3) is 0 Å². The molecule has 0 aromatic heterocycles. The normalized spacial score (nSPS) is 25.1. The van der Waals surface area contributed by atoms with Crippen LogP contribution in [0.1, 0.15) is 43.2 Å². The van der Waals surface area contributed by atoms with Gasteiger partial charge in [0.05, 0.1) is 11.7 Å². The van der Waals surface area contributed by atoms with Crippen molar-refractivity contribution in [3.05, 3.63) is 35.4 Å². The molecule has 1 N–H and O–H groups in total. The van der Waals surface area contributed by atoms with E-state index in [9.17, 15) is 18.3 Å². The van der Waals surface area contributed by atoms with Gasteiger partial charge in [-0.15, -0.1) is 0 Å². The van der Waals surface area contributed by atoms with Gasteiger partial charge >= 0.3 is 6.18 Å². The molecule has 0 saturated heterocycles. The van der Waals surface area contributed by atoms with Gasteiger partial charge in [-0.05, 0) is 36.8 Å². The van der Waals surface area contributed by atoms with E-state index in [0.29, 0.717) is 12.0 Å². The van der Waals surface area contributed by atoms with Crippen molar-refractivity contribution in [1.29, 1.82) is 0 Å². The van der Waals surface area contributed by atoms with Crippen LogP contribution in [-0.2, 0) is 12.6 Å². The molecule has 1 fully saturated rings. The highest BCUT2D eigenvalue weighted by Crippen LogP contribution is 2.31. The molecule has 0 bridgehead atoms. The van der Waals surface area contributed by atoms with Gasteiger partial charge in [0.1, 0.15) is 0 Å². The van der Waals surface area contributed by atoms with Crippen molar-refractivity contribution in [2.75, 3.05) is 0 Å². The lowest BCUT2D eigenvalue weighted by atomic mass is 9.90. The van der Waals surface area contributed by atoms with Crippen molar-refractivity contribution in [3.8, 4) is 0 Å². The van der Waals surface area contributed by atoms with Crippen molar-refractivity contribution in [2.24, 2.45) is 5.92 Å². The standard InChI is InChI=1S/C15H19F3O/c16-15(17,18)13-7-4-5-11(10-13)9-12-6-2-1-3-8-14(12)19/h4-5,7,10,12,14,19H,1-3,6,8-9H2. The quantitative estimate of drug-likeness (QED) is 0.800. The summed E-state index contributed by atoms with van der Waals surface area (Å²) in [5, 5.41) is 10.0. The highest BCUT2D eigenvalue weighted by atomic mass is 19.4. The Morgan fingerprint density at radius 2 is 1.84 bits per heavy atom. The molecule has 4 heteroatoms. The first-order chi connectivity index (χ1) is 8.97. The van der Waals surface area contributed by atoms with E-state index in [1.807, 2.05) is 0 Å². The summed E-state index contributed by atoms with van der Waals surface area (Å²) >= 11 is 0. The molecule has 2 unspecified atom stereocenters. The molecule has 1 aliphatic rings. The predicted octanol–water partition coefficient (Wildman–Crippen LogP) is 4.19. The van der Waals surface area contributed by atoms with Crippen molar-refractivity contribution in [1.82, 2.24) is 0 Å². The number of hydrogen-bond acceptors (Lipinski definition) is 1. The Morgan fingerprint density at radius 3 is 2.58 bits per heavy atom. The number of benzene rings is 1. The van der Waals surface area contributed by atoms with Crippen LogP contribution in [0, 0.1) is 5.92 Å². The first kappa shape index (κ1) is 14.4. The predicted molar refractivity (Wildman–Crippen MR) is 67.7 cm³/mol. The van der Waals surface area contributed by atoms with Gasteiger partial charge in [-0.3, -0.25) is 0 Å². The Balaban J connectivity index is 2.09. The van der Waals surface area contributed by atoms with Crippen molar-refractivity contribution in [2.45, 2.75) is 50.8 Å². The Hall–Kier alpha value is -1.03. The van der Waals surface area contributed by atoms with E-state index in [2.05, 4.69) is 0 Å². The largest absolute Gasteiger partial charge is 0.416 e. The molecule has 1 aromatic carbocycles. The summed E-state index contributed by atoms with van der Waals surface area (Å²) in [6.07, 6.45) is 0.707. The minimum atomic E-state index is -4.29. The SMILES string of the molecule is OC1CCCCCC1Cc1cccc(C(F)(F)F)c1. The fourth-order valence-electron chi connectivity index (χ4n) is 2.78. The van der Waals surface area contributed by atoms with Gasteiger partial charge in [-0.25, -0.2) is 0 Å². The monoisotopic (exact) mass is 272 g/mol. The third-order valence-electron chi connectivity index (χ3n) is 3.87. The molecule has 19 heavy (non-hydrogen) atoms. The molecule has 1 aromatic rings. The average Bonchev–Trinajstić information content (AvgIpc) is 2.54. The molecule has 2 rings (SSSR count). The van der Waals surface area contributed by atoms with E-state index in [-0.39, 0.29) is 12.0 Å². The van der Waals surface area contributed by atoms with Crippen molar-refractivity contribution < 1.29 is 18.3 Å². The van der Waals surface area contributed by atoms with Crippen LogP contribution in [0.4, 0.5) is 13.2 Å². The van der Waals surface area contributed by atoms with Gasteiger partial charge in [0.25, 0.3) is 0 Å². The van der Waals surface area contributed by atoms with E-state index in [1.54, 1.807) is 6.07 Å². The molecule has 0 aliphatic heterocycles. The summed E-state index contributed by atoms with van der Waals surface area (Å²) in [7, 11) is 0. The lowest BCUT2D eigenvalue weighted by molar-refractivity contribution is -0.137. The first-order valence-electron chi connectivity index (χ1n) is 6.81. The number of rotatable bonds is 2. The molecule has 1 nitrogen and oxygen atoms in total. The Morgan fingerprint density at radius 1 is 1.11 bits per heavy atom. The summed E-state index contributed by atoms with van der Waals surface area (Å²) in [5.41, 5.74) is 0.0638. The van der Waals surface area contributed by atoms with Gasteiger partial charge < -0.3 is 5.11 Å². The molecular weight excluding hydrogens is 253 g/mol. The van der Waals surface area contributed by atoms with Gasteiger partial charge in [0, 0.05) is 0 Å².